The molecule has 68 valence electrons. The fraction of sp³-hybridized carbons (Fsp3) is 0.200. The summed E-state index contributed by atoms with van der Waals surface area (Å²) >= 11 is 11.8. The number of nitrogens with zero attached hydrogens (tertiary/aromatic N) is 1. The van der Waals surface area contributed by atoms with Gasteiger partial charge in [-0.25, -0.2) is 0 Å². The molecule has 0 saturated carbocycles. The van der Waals surface area contributed by atoms with E-state index in [2.05, 4.69) is 6.08 Å². The van der Waals surface area contributed by atoms with Crippen LogP contribution in [0.15, 0.2) is 29.8 Å². The molecule has 1 aliphatic heterocycles. The van der Waals surface area contributed by atoms with Gasteiger partial charge in [-0.3, -0.25) is 4.42 Å². The van der Waals surface area contributed by atoms with Gasteiger partial charge in [-0.1, -0.05) is 24.3 Å². The zero-order valence-corrected chi connectivity index (χ0v) is 8.52. The third kappa shape index (κ3) is 1.67. The molecule has 1 heterocycles. The van der Waals surface area contributed by atoms with E-state index >= 15 is 0 Å². The molecular formula is C10H9Cl2N. The fourth-order valence-electron chi connectivity index (χ4n) is 1.44. The van der Waals surface area contributed by atoms with Crippen LogP contribution in [0.3, 0.4) is 0 Å². The molecule has 3 heteroatoms. The average Bonchev–Trinajstić information content (AvgIpc) is 2.18. The second kappa shape index (κ2) is 3.60. The van der Waals surface area contributed by atoms with Gasteiger partial charge in [0.05, 0.1) is 12.2 Å². The highest BCUT2D eigenvalue weighted by atomic mass is 35.5. The molecule has 0 amide bonds. The maximum absolute atomic E-state index is 6.05. The lowest BCUT2D eigenvalue weighted by atomic mass is 10.1. The lowest BCUT2D eigenvalue weighted by Gasteiger charge is -2.23. The van der Waals surface area contributed by atoms with Crippen molar-refractivity contribution in [3.8, 4) is 0 Å². The molecule has 2 rings (SSSR count). The van der Waals surface area contributed by atoms with E-state index in [1.165, 1.54) is 0 Å². The molecule has 13 heavy (non-hydrogen) atoms. The second-order valence-corrected chi connectivity index (χ2v) is 3.69. The van der Waals surface area contributed by atoms with Crippen LogP contribution in [-0.2, 0) is 0 Å². The number of anilines is 1. The maximum Gasteiger partial charge on any atom is 0.0599 e. The molecule has 0 bridgehead atoms. The summed E-state index contributed by atoms with van der Waals surface area (Å²) in [4.78, 5) is 0. The Morgan fingerprint density at radius 1 is 1.31 bits per heavy atom. The lowest BCUT2D eigenvalue weighted by Crippen LogP contribution is -2.19. The first kappa shape index (κ1) is 8.92. The third-order valence-electron chi connectivity index (χ3n) is 2.07. The third-order valence-corrected chi connectivity index (χ3v) is 2.72. The molecule has 0 atom stereocenters. The number of halogens is 2. The van der Waals surface area contributed by atoms with Gasteiger partial charge >= 0.3 is 0 Å². The fourth-order valence-corrected chi connectivity index (χ4v) is 1.91. The number of para-hydroxylation sites is 1. The Morgan fingerprint density at radius 2 is 2.08 bits per heavy atom. The molecule has 1 aliphatic rings. The van der Waals surface area contributed by atoms with Crippen LogP contribution in [0.2, 0.25) is 0 Å². The standard InChI is InChI=1S/C10H9Cl2N/c11-6-8-5-9-3-1-2-4-10(9)13(12)7-8/h1-5H,6-7H2. The Morgan fingerprint density at radius 3 is 2.85 bits per heavy atom. The van der Waals surface area contributed by atoms with E-state index in [4.69, 9.17) is 23.4 Å². The first-order chi connectivity index (χ1) is 6.31. The molecule has 0 aromatic heterocycles. The topological polar surface area (TPSA) is 3.24 Å². The van der Waals surface area contributed by atoms with E-state index in [-0.39, 0.29) is 0 Å². The van der Waals surface area contributed by atoms with Crippen LogP contribution in [0.25, 0.3) is 6.08 Å². The summed E-state index contributed by atoms with van der Waals surface area (Å²) in [7, 11) is 0. The lowest BCUT2D eigenvalue weighted by molar-refractivity contribution is 1.10. The highest BCUT2D eigenvalue weighted by Gasteiger charge is 2.14. The quantitative estimate of drug-likeness (QED) is 0.512. The van der Waals surface area contributed by atoms with E-state index in [0.29, 0.717) is 12.4 Å². The number of alkyl halides is 1. The largest absolute Gasteiger partial charge is 0.281 e. The highest BCUT2D eigenvalue weighted by molar-refractivity contribution is 6.27. The molecule has 0 fully saturated rings. The Bertz CT molecular complexity index is 347. The van der Waals surface area contributed by atoms with Crippen LogP contribution in [0.4, 0.5) is 5.69 Å². The van der Waals surface area contributed by atoms with Crippen LogP contribution in [0, 0.1) is 0 Å². The second-order valence-electron chi connectivity index (χ2n) is 3.02. The molecule has 1 nitrogen and oxygen atoms in total. The van der Waals surface area contributed by atoms with Crippen molar-refractivity contribution in [2.45, 2.75) is 0 Å². The molecule has 0 radical (unpaired) electrons. The zero-order valence-electron chi connectivity index (χ0n) is 7.00. The predicted molar refractivity (Wildman–Crippen MR) is 58.3 cm³/mol. The van der Waals surface area contributed by atoms with E-state index in [1.54, 1.807) is 4.42 Å². The van der Waals surface area contributed by atoms with Crippen molar-refractivity contribution in [2.75, 3.05) is 16.8 Å². The molecule has 1 aromatic carbocycles. The van der Waals surface area contributed by atoms with Crippen molar-refractivity contribution in [2.24, 2.45) is 0 Å². The van der Waals surface area contributed by atoms with Crippen molar-refractivity contribution in [1.82, 2.24) is 0 Å². The van der Waals surface area contributed by atoms with Gasteiger partial charge in [-0.05, 0) is 17.2 Å². The summed E-state index contributed by atoms with van der Waals surface area (Å²) in [6.45, 7) is 0.710. The van der Waals surface area contributed by atoms with Crippen molar-refractivity contribution >= 4 is 35.1 Å². The number of fused-ring (bicyclic) bond motifs is 1. The molecule has 0 saturated heterocycles. The molecule has 0 N–H and O–H groups in total. The van der Waals surface area contributed by atoms with Crippen LogP contribution in [0.5, 0.6) is 0 Å². The summed E-state index contributed by atoms with van der Waals surface area (Å²) in [6.07, 6.45) is 2.10. The summed E-state index contributed by atoms with van der Waals surface area (Å²) in [5.74, 6) is 0.539. The van der Waals surface area contributed by atoms with Crippen molar-refractivity contribution in [1.29, 1.82) is 0 Å². The van der Waals surface area contributed by atoms with Gasteiger partial charge in [0.15, 0.2) is 0 Å². The van der Waals surface area contributed by atoms with Gasteiger partial charge in [-0.2, -0.15) is 0 Å². The van der Waals surface area contributed by atoms with E-state index < -0.39 is 0 Å². The number of hydrogen-bond acceptors (Lipinski definition) is 1. The van der Waals surface area contributed by atoms with Crippen molar-refractivity contribution in [3.63, 3.8) is 0 Å². The SMILES string of the molecule is ClCC1=Cc2ccccc2N(Cl)C1. The first-order valence-electron chi connectivity index (χ1n) is 4.09. The highest BCUT2D eigenvalue weighted by Crippen LogP contribution is 2.29. The Hall–Kier alpha value is -0.660. The van der Waals surface area contributed by atoms with Gasteiger partial charge in [0.2, 0.25) is 0 Å². The molecule has 0 spiro atoms. The van der Waals surface area contributed by atoms with E-state index in [0.717, 1.165) is 16.8 Å². The maximum atomic E-state index is 6.05. The van der Waals surface area contributed by atoms with Crippen molar-refractivity contribution < 1.29 is 0 Å². The number of benzene rings is 1. The Kier molecular flexibility index (Phi) is 2.47. The van der Waals surface area contributed by atoms with E-state index in [9.17, 15) is 0 Å². The van der Waals surface area contributed by atoms with Crippen LogP contribution < -0.4 is 4.42 Å². The Balaban J connectivity index is 2.46. The normalized spacial score (nSPS) is 15.2. The minimum absolute atomic E-state index is 0.539. The van der Waals surface area contributed by atoms with Gasteiger partial charge in [0.25, 0.3) is 0 Å². The van der Waals surface area contributed by atoms with Gasteiger partial charge < -0.3 is 0 Å². The molecule has 0 unspecified atom stereocenters. The summed E-state index contributed by atoms with van der Waals surface area (Å²) in [5.41, 5.74) is 3.34. The smallest absolute Gasteiger partial charge is 0.0599 e. The minimum atomic E-state index is 0.539. The van der Waals surface area contributed by atoms with Gasteiger partial charge in [-0.15, -0.1) is 11.6 Å². The number of rotatable bonds is 1. The summed E-state index contributed by atoms with van der Waals surface area (Å²) in [6, 6.07) is 8.02. The Labute approximate surface area is 87.7 Å². The van der Waals surface area contributed by atoms with Crippen LogP contribution in [-0.4, -0.2) is 12.4 Å². The van der Waals surface area contributed by atoms with Crippen LogP contribution >= 0.6 is 23.4 Å². The summed E-state index contributed by atoms with van der Waals surface area (Å²) in [5, 5.41) is 0. The average molecular weight is 214 g/mol. The minimum Gasteiger partial charge on any atom is -0.281 e. The predicted octanol–water partition coefficient (Wildman–Crippen LogP) is 3.28. The first-order valence-corrected chi connectivity index (χ1v) is 4.96. The number of hydrogen-bond donors (Lipinski definition) is 0. The monoisotopic (exact) mass is 213 g/mol. The van der Waals surface area contributed by atoms with Gasteiger partial charge in [0, 0.05) is 17.7 Å². The molecular weight excluding hydrogens is 205 g/mol. The molecule has 0 aliphatic carbocycles. The van der Waals surface area contributed by atoms with Gasteiger partial charge in [0.1, 0.15) is 0 Å². The zero-order chi connectivity index (χ0) is 9.26. The molecule has 1 aromatic rings. The van der Waals surface area contributed by atoms with Crippen molar-refractivity contribution in [3.05, 3.63) is 35.4 Å². The van der Waals surface area contributed by atoms with E-state index in [1.807, 2.05) is 24.3 Å². The van der Waals surface area contributed by atoms with Crippen LogP contribution in [0.1, 0.15) is 5.56 Å². The summed E-state index contributed by atoms with van der Waals surface area (Å²) < 4.78 is 1.70.